The molecular weight excluding hydrogens is 344 g/mol. The Morgan fingerprint density at radius 1 is 1.26 bits per heavy atom. The number of benzene rings is 1. The second kappa shape index (κ2) is 7.65. The molecule has 0 fully saturated rings. The number of amides is 1. The molecule has 0 spiro atoms. The van der Waals surface area contributed by atoms with E-state index in [-0.39, 0.29) is 11.9 Å². The highest BCUT2D eigenvalue weighted by Crippen LogP contribution is 2.30. The van der Waals surface area contributed by atoms with Crippen LogP contribution in [0.25, 0.3) is 11.0 Å². The summed E-state index contributed by atoms with van der Waals surface area (Å²) in [6, 6.07) is 7.53. The van der Waals surface area contributed by atoms with E-state index < -0.39 is 0 Å². The number of carbonyl (C=O) groups excluding carboxylic acids is 1. The van der Waals surface area contributed by atoms with Crippen molar-refractivity contribution in [3.8, 4) is 11.5 Å². The zero-order chi connectivity index (χ0) is 19.6. The zero-order valence-electron chi connectivity index (χ0n) is 16.2. The molecule has 1 N–H and O–H groups in total. The number of aryl methyl sites for hydroxylation is 1. The molecule has 1 aromatic carbocycles. The lowest BCUT2D eigenvalue weighted by atomic mass is 10.1. The molecule has 1 amide bonds. The summed E-state index contributed by atoms with van der Waals surface area (Å²) < 4.78 is 12.6. The van der Waals surface area contributed by atoms with E-state index in [1.165, 1.54) is 0 Å². The Balaban J connectivity index is 1.90. The molecule has 27 heavy (non-hydrogen) atoms. The van der Waals surface area contributed by atoms with Crippen molar-refractivity contribution >= 4 is 16.9 Å². The molecule has 0 unspecified atom stereocenters. The van der Waals surface area contributed by atoms with Gasteiger partial charge in [0, 0.05) is 23.8 Å². The van der Waals surface area contributed by atoms with Gasteiger partial charge in [0.2, 0.25) is 0 Å². The van der Waals surface area contributed by atoms with Crippen LogP contribution in [0.5, 0.6) is 11.5 Å². The van der Waals surface area contributed by atoms with Crippen LogP contribution < -0.4 is 14.8 Å². The van der Waals surface area contributed by atoms with Crippen LogP contribution >= 0.6 is 0 Å². The minimum Gasteiger partial charge on any atom is -0.493 e. The second-order valence-corrected chi connectivity index (χ2v) is 6.57. The number of ether oxygens (including phenoxy) is 2. The van der Waals surface area contributed by atoms with Crippen molar-refractivity contribution in [1.29, 1.82) is 0 Å². The van der Waals surface area contributed by atoms with Gasteiger partial charge in [0.1, 0.15) is 0 Å². The number of methoxy groups -OCH3 is 2. The minimum absolute atomic E-state index is 0.161. The van der Waals surface area contributed by atoms with Crippen molar-refractivity contribution in [3.63, 3.8) is 0 Å². The number of carbonyl (C=O) groups is 1. The highest BCUT2D eigenvalue weighted by atomic mass is 16.5. The minimum atomic E-state index is -0.182. The summed E-state index contributed by atoms with van der Waals surface area (Å²) in [5.41, 5.74) is 2.89. The van der Waals surface area contributed by atoms with E-state index in [9.17, 15) is 4.79 Å². The van der Waals surface area contributed by atoms with E-state index >= 15 is 0 Å². The molecule has 0 aliphatic heterocycles. The van der Waals surface area contributed by atoms with Crippen LogP contribution in [0, 0.1) is 6.92 Å². The summed E-state index contributed by atoms with van der Waals surface area (Å²) in [5.74, 6) is 1.06. The maximum absolute atomic E-state index is 12.9. The Bertz CT molecular complexity index is 979. The monoisotopic (exact) mass is 368 g/mol. The molecule has 7 heteroatoms. The van der Waals surface area contributed by atoms with Crippen molar-refractivity contribution in [1.82, 2.24) is 20.1 Å². The first kappa shape index (κ1) is 18.7. The third kappa shape index (κ3) is 3.58. The largest absolute Gasteiger partial charge is 0.493 e. The second-order valence-electron chi connectivity index (χ2n) is 6.57. The zero-order valence-corrected chi connectivity index (χ0v) is 16.2. The molecule has 7 nitrogen and oxygen atoms in total. The Morgan fingerprint density at radius 3 is 2.70 bits per heavy atom. The molecule has 142 valence electrons. The van der Waals surface area contributed by atoms with E-state index in [1.54, 1.807) is 26.5 Å². The lowest BCUT2D eigenvalue weighted by Crippen LogP contribution is -2.23. The lowest BCUT2D eigenvalue weighted by Gasteiger charge is -2.13. The number of hydrogen-bond donors (Lipinski definition) is 1. The summed E-state index contributed by atoms with van der Waals surface area (Å²) >= 11 is 0. The highest BCUT2D eigenvalue weighted by molar-refractivity contribution is 6.05. The van der Waals surface area contributed by atoms with Gasteiger partial charge in [-0.25, -0.2) is 9.67 Å². The van der Waals surface area contributed by atoms with Gasteiger partial charge >= 0.3 is 0 Å². The van der Waals surface area contributed by atoms with Gasteiger partial charge in [0.05, 0.1) is 31.4 Å². The lowest BCUT2D eigenvalue weighted by molar-refractivity contribution is 0.0952. The van der Waals surface area contributed by atoms with Crippen LogP contribution in [0.1, 0.15) is 41.5 Å². The predicted molar refractivity (Wildman–Crippen MR) is 103 cm³/mol. The molecule has 3 aromatic rings. The van der Waals surface area contributed by atoms with Crippen LogP contribution in [-0.2, 0) is 6.54 Å². The number of rotatable bonds is 6. The van der Waals surface area contributed by atoms with E-state index in [4.69, 9.17) is 9.47 Å². The van der Waals surface area contributed by atoms with Crippen molar-refractivity contribution < 1.29 is 14.3 Å². The number of fused-ring (bicyclic) bond motifs is 1. The van der Waals surface area contributed by atoms with Crippen LogP contribution in [0.4, 0.5) is 0 Å². The van der Waals surface area contributed by atoms with E-state index in [0.717, 1.165) is 16.6 Å². The van der Waals surface area contributed by atoms with Gasteiger partial charge in [-0.2, -0.15) is 5.10 Å². The molecule has 0 saturated carbocycles. The number of pyridine rings is 1. The van der Waals surface area contributed by atoms with Gasteiger partial charge in [-0.15, -0.1) is 0 Å². The van der Waals surface area contributed by atoms with Crippen LogP contribution in [0.3, 0.4) is 0 Å². The fraction of sp³-hybridized carbons (Fsp3) is 0.350. The van der Waals surface area contributed by atoms with Crippen molar-refractivity contribution in [2.75, 3.05) is 14.2 Å². The van der Waals surface area contributed by atoms with Gasteiger partial charge < -0.3 is 14.8 Å². The Morgan fingerprint density at radius 2 is 2.04 bits per heavy atom. The van der Waals surface area contributed by atoms with Gasteiger partial charge in [-0.3, -0.25) is 4.79 Å². The number of nitrogens with one attached hydrogen (secondary N) is 1. The first-order valence-electron chi connectivity index (χ1n) is 8.79. The SMILES string of the molecule is COc1cccc(CNC(=O)c2cc(C)nc3c2cnn3C(C)C)c1OC. The summed E-state index contributed by atoms with van der Waals surface area (Å²) in [7, 11) is 3.17. The maximum Gasteiger partial charge on any atom is 0.252 e. The first-order chi connectivity index (χ1) is 13.0. The van der Waals surface area contributed by atoms with Crippen molar-refractivity contribution in [3.05, 3.63) is 47.3 Å². The average molecular weight is 368 g/mol. The Labute approximate surface area is 158 Å². The topological polar surface area (TPSA) is 78.3 Å². The Hall–Kier alpha value is -3.09. The highest BCUT2D eigenvalue weighted by Gasteiger charge is 2.17. The van der Waals surface area contributed by atoms with E-state index in [2.05, 4.69) is 15.4 Å². The average Bonchev–Trinajstić information content (AvgIpc) is 3.08. The van der Waals surface area contributed by atoms with Crippen LogP contribution in [0.15, 0.2) is 30.5 Å². The molecule has 0 bridgehead atoms. The van der Waals surface area contributed by atoms with E-state index in [0.29, 0.717) is 29.3 Å². The number of aromatic nitrogens is 3. The smallest absolute Gasteiger partial charge is 0.252 e. The fourth-order valence-electron chi connectivity index (χ4n) is 3.07. The molecule has 0 atom stereocenters. The molecule has 2 heterocycles. The van der Waals surface area contributed by atoms with Gasteiger partial charge in [0.25, 0.3) is 5.91 Å². The molecule has 0 aliphatic rings. The quantitative estimate of drug-likeness (QED) is 0.722. The molecule has 0 saturated heterocycles. The maximum atomic E-state index is 12.9. The molecule has 2 aromatic heterocycles. The van der Waals surface area contributed by atoms with Crippen LogP contribution in [-0.4, -0.2) is 34.9 Å². The van der Waals surface area contributed by atoms with Crippen LogP contribution in [0.2, 0.25) is 0 Å². The summed E-state index contributed by atoms with van der Waals surface area (Å²) in [6.45, 7) is 6.26. The third-order valence-electron chi connectivity index (χ3n) is 4.35. The number of para-hydroxylation sites is 1. The summed E-state index contributed by atoms with van der Waals surface area (Å²) in [6.07, 6.45) is 1.70. The molecule has 0 radical (unpaired) electrons. The van der Waals surface area contributed by atoms with Gasteiger partial charge in [-0.1, -0.05) is 12.1 Å². The van der Waals surface area contributed by atoms with Gasteiger partial charge in [0.15, 0.2) is 17.1 Å². The normalized spacial score (nSPS) is 11.0. The summed E-state index contributed by atoms with van der Waals surface area (Å²) in [4.78, 5) is 17.4. The summed E-state index contributed by atoms with van der Waals surface area (Å²) in [5, 5.41) is 8.08. The van der Waals surface area contributed by atoms with Gasteiger partial charge in [-0.05, 0) is 32.9 Å². The molecule has 0 aliphatic carbocycles. The van der Waals surface area contributed by atoms with E-state index in [1.807, 2.05) is 43.7 Å². The Kier molecular flexibility index (Phi) is 5.30. The molecular formula is C20H24N4O3. The first-order valence-corrected chi connectivity index (χ1v) is 8.79. The fourth-order valence-corrected chi connectivity index (χ4v) is 3.07. The standard InChI is InChI=1S/C20H24N4O3/c1-12(2)24-19-16(11-22-24)15(9-13(3)23-19)20(25)21-10-14-7-6-8-17(26-4)18(14)27-5/h6-9,11-12H,10H2,1-5H3,(H,21,25). The third-order valence-corrected chi connectivity index (χ3v) is 4.35. The predicted octanol–water partition coefficient (Wildman–Crippen LogP) is 3.27. The number of nitrogens with zero attached hydrogens (tertiary/aromatic N) is 3. The van der Waals surface area contributed by atoms with Crippen molar-refractivity contribution in [2.24, 2.45) is 0 Å². The number of hydrogen-bond acceptors (Lipinski definition) is 5. The van der Waals surface area contributed by atoms with Crippen molar-refractivity contribution in [2.45, 2.75) is 33.4 Å². The molecule has 3 rings (SSSR count).